The Kier molecular flexibility index (Phi) is 3.94. The van der Waals surface area contributed by atoms with Gasteiger partial charge in [-0.3, -0.25) is 4.79 Å². The highest BCUT2D eigenvalue weighted by Gasteiger charge is 2.12. The molecule has 0 aliphatic rings. The van der Waals surface area contributed by atoms with E-state index in [0.29, 0.717) is 6.54 Å². The molecular weight excluding hydrogens is 248 g/mol. The van der Waals surface area contributed by atoms with Crippen LogP contribution in [0.15, 0.2) is 35.2 Å². The van der Waals surface area contributed by atoms with Crippen LogP contribution in [-0.2, 0) is 11.3 Å². The molecule has 1 aromatic carbocycles. The largest absolute Gasteiger partial charge is 0.480 e. The highest BCUT2D eigenvalue weighted by molar-refractivity contribution is 7.07. The van der Waals surface area contributed by atoms with Crippen LogP contribution in [0.3, 0.4) is 0 Å². The first-order chi connectivity index (χ1) is 8.65. The maximum Gasteiger partial charge on any atom is 0.323 e. The van der Waals surface area contributed by atoms with Crippen molar-refractivity contribution in [2.45, 2.75) is 13.5 Å². The zero-order chi connectivity index (χ0) is 13.0. The van der Waals surface area contributed by atoms with Crippen molar-refractivity contribution in [2.24, 2.45) is 0 Å². The van der Waals surface area contributed by atoms with Crippen LogP contribution < -0.4 is 4.90 Å². The Morgan fingerprint density at radius 2 is 2.11 bits per heavy atom. The first-order valence-electron chi connectivity index (χ1n) is 5.55. The van der Waals surface area contributed by atoms with Gasteiger partial charge in [0, 0.05) is 11.1 Å². The summed E-state index contributed by atoms with van der Waals surface area (Å²) in [5, 5.41) is 10.9. The number of rotatable bonds is 5. The average Bonchev–Trinajstić information content (AvgIpc) is 2.81. The maximum atomic E-state index is 10.9. The van der Waals surface area contributed by atoms with Crippen LogP contribution in [0, 0.1) is 6.92 Å². The Hall–Kier alpha value is -1.88. The molecule has 0 amide bonds. The van der Waals surface area contributed by atoms with Gasteiger partial charge in [-0.05, 0) is 19.1 Å². The highest BCUT2D eigenvalue weighted by atomic mass is 32.1. The van der Waals surface area contributed by atoms with Gasteiger partial charge >= 0.3 is 5.97 Å². The summed E-state index contributed by atoms with van der Waals surface area (Å²) in [7, 11) is 0. The van der Waals surface area contributed by atoms with Gasteiger partial charge < -0.3 is 10.0 Å². The summed E-state index contributed by atoms with van der Waals surface area (Å²) in [5.74, 6) is -0.842. The van der Waals surface area contributed by atoms with Gasteiger partial charge in [0.25, 0.3) is 0 Å². The molecule has 1 N–H and O–H groups in total. The minimum Gasteiger partial charge on any atom is -0.480 e. The average molecular weight is 262 g/mol. The first-order valence-corrected chi connectivity index (χ1v) is 6.50. The second kappa shape index (κ2) is 5.64. The maximum absolute atomic E-state index is 10.9. The molecule has 5 heteroatoms. The van der Waals surface area contributed by atoms with Crippen molar-refractivity contribution in [2.75, 3.05) is 11.4 Å². The van der Waals surface area contributed by atoms with E-state index in [2.05, 4.69) is 4.98 Å². The van der Waals surface area contributed by atoms with E-state index in [1.165, 1.54) is 11.3 Å². The number of nitrogens with zero attached hydrogens (tertiary/aromatic N) is 2. The fraction of sp³-hybridized carbons (Fsp3) is 0.231. The molecule has 0 aliphatic heterocycles. The highest BCUT2D eigenvalue weighted by Crippen LogP contribution is 2.17. The molecule has 18 heavy (non-hydrogen) atoms. The quantitative estimate of drug-likeness (QED) is 0.899. The third-order valence-corrected chi connectivity index (χ3v) is 3.20. The Labute approximate surface area is 110 Å². The van der Waals surface area contributed by atoms with Crippen molar-refractivity contribution in [3.63, 3.8) is 0 Å². The standard InChI is InChI=1S/C13H14N2O2S/c1-10-2-4-12(5-3-10)15(7-13(16)17)6-11-8-18-9-14-11/h2-5,8-9H,6-7H2,1H3,(H,16,17). The van der Waals surface area contributed by atoms with Crippen LogP contribution in [0.2, 0.25) is 0 Å². The van der Waals surface area contributed by atoms with Gasteiger partial charge in [0.05, 0.1) is 17.7 Å². The molecule has 2 aromatic rings. The lowest BCUT2D eigenvalue weighted by Crippen LogP contribution is -2.29. The number of benzene rings is 1. The fourth-order valence-corrected chi connectivity index (χ4v) is 2.22. The smallest absolute Gasteiger partial charge is 0.323 e. The van der Waals surface area contributed by atoms with Crippen molar-refractivity contribution in [1.82, 2.24) is 4.98 Å². The van der Waals surface area contributed by atoms with E-state index in [1.54, 1.807) is 10.4 Å². The molecule has 1 heterocycles. The fourth-order valence-electron chi connectivity index (χ4n) is 1.67. The van der Waals surface area contributed by atoms with Crippen LogP contribution in [0.25, 0.3) is 0 Å². The van der Waals surface area contributed by atoms with E-state index in [9.17, 15) is 4.79 Å². The van der Waals surface area contributed by atoms with E-state index in [1.807, 2.05) is 36.6 Å². The van der Waals surface area contributed by atoms with Crippen LogP contribution >= 0.6 is 11.3 Å². The van der Waals surface area contributed by atoms with Crippen molar-refractivity contribution in [1.29, 1.82) is 0 Å². The number of carboxylic acid groups (broad SMARTS) is 1. The molecule has 0 radical (unpaired) electrons. The summed E-state index contributed by atoms with van der Waals surface area (Å²) in [6.07, 6.45) is 0. The van der Waals surface area contributed by atoms with Crippen LogP contribution in [0.4, 0.5) is 5.69 Å². The monoisotopic (exact) mass is 262 g/mol. The van der Waals surface area contributed by atoms with Gasteiger partial charge in [0.2, 0.25) is 0 Å². The van der Waals surface area contributed by atoms with Crippen LogP contribution in [0.5, 0.6) is 0 Å². The summed E-state index contributed by atoms with van der Waals surface area (Å²) in [6, 6.07) is 7.83. The minimum atomic E-state index is -0.842. The second-order valence-electron chi connectivity index (χ2n) is 4.07. The molecule has 0 saturated carbocycles. The van der Waals surface area contributed by atoms with Crippen molar-refractivity contribution in [3.8, 4) is 0 Å². The molecule has 0 saturated heterocycles. The molecule has 0 bridgehead atoms. The van der Waals surface area contributed by atoms with E-state index in [-0.39, 0.29) is 6.54 Å². The van der Waals surface area contributed by atoms with Gasteiger partial charge in [-0.1, -0.05) is 17.7 Å². The van der Waals surface area contributed by atoms with Gasteiger partial charge in [-0.15, -0.1) is 11.3 Å². The lowest BCUT2D eigenvalue weighted by Gasteiger charge is -2.22. The lowest BCUT2D eigenvalue weighted by atomic mass is 10.2. The summed E-state index contributed by atoms with van der Waals surface area (Å²) < 4.78 is 0. The molecule has 2 rings (SSSR count). The molecule has 1 aromatic heterocycles. The Bertz CT molecular complexity index is 508. The van der Waals surface area contributed by atoms with Crippen molar-refractivity contribution >= 4 is 23.0 Å². The zero-order valence-corrected chi connectivity index (χ0v) is 10.9. The van der Waals surface area contributed by atoms with E-state index >= 15 is 0 Å². The lowest BCUT2D eigenvalue weighted by molar-refractivity contribution is -0.135. The molecule has 0 fully saturated rings. The number of hydrogen-bond donors (Lipinski definition) is 1. The normalized spacial score (nSPS) is 10.3. The molecule has 0 atom stereocenters. The van der Waals surface area contributed by atoms with Crippen LogP contribution in [-0.4, -0.2) is 22.6 Å². The van der Waals surface area contributed by atoms with Gasteiger partial charge in [0.15, 0.2) is 0 Å². The Morgan fingerprint density at radius 1 is 1.39 bits per heavy atom. The molecule has 94 valence electrons. The third-order valence-electron chi connectivity index (χ3n) is 2.56. The number of carboxylic acids is 1. The molecular formula is C13H14N2O2S. The summed E-state index contributed by atoms with van der Waals surface area (Å²) in [4.78, 5) is 16.9. The number of aryl methyl sites for hydroxylation is 1. The van der Waals surface area contributed by atoms with E-state index in [4.69, 9.17) is 5.11 Å². The van der Waals surface area contributed by atoms with Crippen molar-refractivity contribution in [3.05, 3.63) is 46.4 Å². The zero-order valence-electron chi connectivity index (χ0n) is 10.0. The summed E-state index contributed by atoms with van der Waals surface area (Å²) in [5.41, 5.74) is 4.70. The van der Waals surface area contributed by atoms with E-state index < -0.39 is 5.97 Å². The summed E-state index contributed by atoms with van der Waals surface area (Å²) in [6.45, 7) is 2.49. The number of thiazole rings is 1. The number of hydrogen-bond acceptors (Lipinski definition) is 4. The second-order valence-corrected chi connectivity index (χ2v) is 4.78. The SMILES string of the molecule is Cc1ccc(N(CC(=O)O)Cc2cscn2)cc1. The molecule has 0 unspecified atom stereocenters. The molecule has 0 spiro atoms. The molecule has 4 nitrogen and oxygen atoms in total. The minimum absolute atomic E-state index is 0.0272. The topological polar surface area (TPSA) is 53.4 Å². The Morgan fingerprint density at radius 3 is 2.67 bits per heavy atom. The number of anilines is 1. The van der Waals surface area contributed by atoms with Gasteiger partial charge in [0.1, 0.15) is 6.54 Å². The molecule has 0 aliphatic carbocycles. The van der Waals surface area contributed by atoms with Gasteiger partial charge in [-0.25, -0.2) is 4.98 Å². The summed E-state index contributed by atoms with van der Waals surface area (Å²) >= 11 is 1.51. The first kappa shape index (κ1) is 12.6. The number of carbonyl (C=O) groups is 1. The number of aliphatic carboxylic acids is 1. The van der Waals surface area contributed by atoms with Gasteiger partial charge in [-0.2, -0.15) is 0 Å². The predicted molar refractivity (Wildman–Crippen MR) is 72.0 cm³/mol. The predicted octanol–water partition coefficient (Wildman–Crippen LogP) is 2.54. The Balaban J connectivity index is 2.19. The van der Waals surface area contributed by atoms with Crippen LogP contribution in [0.1, 0.15) is 11.3 Å². The van der Waals surface area contributed by atoms with Crippen molar-refractivity contribution < 1.29 is 9.90 Å². The number of aromatic nitrogens is 1. The third kappa shape index (κ3) is 3.30. The van der Waals surface area contributed by atoms with E-state index in [0.717, 1.165) is 16.9 Å².